The summed E-state index contributed by atoms with van der Waals surface area (Å²) in [5, 5.41) is 2.52. The number of methoxy groups -OCH3 is 1. The Morgan fingerprint density at radius 2 is 1.88 bits per heavy atom. The Hall–Kier alpha value is -2.54. The monoisotopic (exact) mass is 360 g/mol. The van der Waals surface area contributed by atoms with Crippen LogP contribution in [0.1, 0.15) is 22.3 Å². The molecule has 1 aliphatic rings. The molecule has 3 rings (SSSR count). The molecule has 1 heterocycles. The lowest BCUT2D eigenvalue weighted by molar-refractivity contribution is 0.0963. The highest BCUT2D eigenvalue weighted by Crippen LogP contribution is 2.34. The zero-order valence-corrected chi connectivity index (χ0v) is 15.0. The predicted octanol–water partition coefficient (Wildman–Crippen LogP) is 2.20. The van der Waals surface area contributed by atoms with E-state index < -0.39 is 10.0 Å². The molecular formula is C18H20N2O4S. The number of rotatable bonds is 4. The quantitative estimate of drug-likeness (QED) is 0.907. The first-order valence-corrected chi connectivity index (χ1v) is 9.43. The fourth-order valence-electron chi connectivity index (χ4n) is 2.97. The molecule has 2 aromatic rings. The third-order valence-electron chi connectivity index (χ3n) is 4.29. The van der Waals surface area contributed by atoms with Crippen LogP contribution in [0.4, 0.5) is 5.69 Å². The third kappa shape index (κ3) is 3.19. The van der Waals surface area contributed by atoms with E-state index in [1.165, 1.54) is 35.6 Å². The summed E-state index contributed by atoms with van der Waals surface area (Å²) in [6, 6.07) is 11.4. The summed E-state index contributed by atoms with van der Waals surface area (Å²) in [5.41, 5.74) is 2.06. The molecule has 1 aliphatic heterocycles. The first-order chi connectivity index (χ1) is 12.0. The number of anilines is 1. The number of hydrogen-bond donors (Lipinski definition) is 1. The largest absolute Gasteiger partial charge is 0.497 e. The molecule has 0 radical (unpaired) electrons. The van der Waals surface area contributed by atoms with Gasteiger partial charge in [0.2, 0.25) is 0 Å². The summed E-state index contributed by atoms with van der Waals surface area (Å²) < 4.78 is 32.8. The number of benzene rings is 2. The van der Waals surface area contributed by atoms with Crippen molar-refractivity contribution in [3.63, 3.8) is 0 Å². The van der Waals surface area contributed by atoms with Crippen LogP contribution < -0.4 is 14.4 Å². The second-order valence-corrected chi connectivity index (χ2v) is 7.64. The van der Waals surface area contributed by atoms with E-state index in [0.29, 0.717) is 23.5 Å². The van der Waals surface area contributed by atoms with Gasteiger partial charge in [-0.1, -0.05) is 0 Å². The zero-order valence-electron chi connectivity index (χ0n) is 14.2. The molecule has 2 aromatic carbocycles. The molecule has 132 valence electrons. The number of fused-ring (bicyclic) bond motifs is 1. The average molecular weight is 360 g/mol. The maximum atomic E-state index is 13.0. The van der Waals surface area contributed by atoms with Crippen LogP contribution in [0, 0.1) is 0 Å². The number of nitrogens with zero attached hydrogens (tertiary/aromatic N) is 1. The predicted molar refractivity (Wildman–Crippen MR) is 95.7 cm³/mol. The summed E-state index contributed by atoms with van der Waals surface area (Å²) in [6.45, 7) is 0.429. The summed E-state index contributed by atoms with van der Waals surface area (Å²) >= 11 is 0. The van der Waals surface area contributed by atoms with Gasteiger partial charge in [0.15, 0.2) is 0 Å². The number of carbonyl (C=O) groups excluding carboxylic acids is 1. The van der Waals surface area contributed by atoms with Gasteiger partial charge in [-0.05, 0) is 60.9 Å². The van der Waals surface area contributed by atoms with Crippen molar-refractivity contribution >= 4 is 21.6 Å². The van der Waals surface area contributed by atoms with Gasteiger partial charge in [0.1, 0.15) is 5.75 Å². The molecule has 0 unspecified atom stereocenters. The second kappa shape index (κ2) is 6.76. The fourth-order valence-corrected chi connectivity index (χ4v) is 4.51. The number of nitrogens with one attached hydrogen (secondary N) is 1. The van der Waals surface area contributed by atoms with Crippen LogP contribution in [-0.4, -0.2) is 35.0 Å². The number of carbonyl (C=O) groups is 1. The summed E-state index contributed by atoms with van der Waals surface area (Å²) in [6.07, 6.45) is 1.56. The van der Waals surface area contributed by atoms with Crippen LogP contribution >= 0.6 is 0 Å². The van der Waals surface area contributed by atoms with Crippen molar-refractivity contribution in [3.05, 3.63) is 53.6 Å². The summed E-state index contributed by atoms with van der Waals surface area (Å²) in [7, 11) is -0.559. The van der Waals surface area contributed by atoms with Gasteiger partial charge >= 0.3 is 0 Å². The van der Waals surface area contributed by atoms with Crippen molar-refractivity contribution in [2.75, 3.05) is 25.0 Å². The fraction of sp³-hybridized carbons (Fsp3) is 0.278. The molecular weight excluding hydrogens is 340 g/mol. The molecule has 0 fully saturated rings. The Balaban J connectivity index is 1.97. The molecule has 0 aromatic heterocycles. The molecule has 25 heavy (non-hydrogen) atoms. The minimum absolute atomic E-state index is 0.170. The molecule has 0 saturated carbocycles. The molecule has 7 heteroatoms. The van der Waals surface area contributed by atoms with Crippen LogP contribution in [-0.2, 0) is 16.4 Å². The van der Waals surface area contributed by atoms with Crippen molar-refractivity contribution in [1.82, 2.24) is 5.32 Å². The highest BCUT2D eigenvalue weighted by atomic mass is 32.2. The molecule has 1 amide bonds. The van der Waals surface area contributed by atoms with Gasteiger partial charge in [0.25, 0.3) is 15.9 Å². The first kappa shape index (κ1) is 17.3. The highest BCUT2D eigenvalue weighted by Gasteiger charge is 2.29. The number of sulfonamides is 1. The summed E-state index contributed by atoms with van der Waals surface area (Å²) in [5.74, 6) is 0.465. The van der Waals surface area contributed by atoms with Crippen molar-refractivity contribution in [2.45, 2.75) is 17.7 Å². The standard InChI is InChI=1S/C18H20N2O4S/c1-19-18(21)13-5-8-16(9-6-13)25(22,23)20-11-3-4-14-12-15(24-2)7-10-17(14)20/h5-10,12H,3-4,11H2,1-2H3,(H,19,21). The molecule has 6 nitrogen and oxygen atoms in total. The molecule has 0 aliphatic carbocycles. The van der Waals surface area contributed by atoms with Crippen LogP contribution in [0.3, 0.4) is 0 Å². The molecule has 0 bridgehead atoms. The van der Waals surface area contributed by atoms with Gasteiger partial charge in [-0.25, -0.2) is 8.42 Å². The Bertz CT molecular complexity index is 892. The topological polar surface area (TPSA) is 75.7 Å². The van der Waals surface area contributed by atoms with Gasteiger partial charge < -0.3 is 10.1 Å². The highest BCUT2D eigenvalue weighted by molar-refractivity contribution is 7.92. The minimum atomic E-state index is -3.68. The lowest BCUT2D eigenvalue weighted by Gasteiger charge is -2.30. The van der Waals surface area contributed by atoms with Gasteiger partial charge in [-0.3, -0.25) is 9.10 Å². The van der Waals surface area contributed by atoms with E-state index in [1.807, 2.05) is 6.07 Å². The van der Waals surface area contributed by atoms with E-state index in [2.05, 4.69) is 5.32 Å². The Labute approximate surface area is 147 Å². The van der Waals surface area contributed by atoms with Gasteiger partial charge in [0.05, 0.1) is 17.7 Å². The molecule has 0 spiro atoms. The van der Waals surface area contributed by atoms with E-state index in [9.17, 15) is 13.2 Å². The number of hydrogen-bond acceptors (Lipinski definition) is 4. The van der Waals surface area contributed by atoms with Crippen molar-refractivity contribution in [1.29, 1.82) is 0 Å². The van der Waals surface area contributed by atoms with E-state index in [4.69, 9.17) is 4.74 Å². The average Bonchev–Trinajstić information content (AvgIpc) is 2.66. The van der Waals surface area contributed by atoms with Crippen LogP contribution in [0.5, 0.6) is 5.75 Å². The van der Waals surface area contributed by atoms with Crippen LogP contribution in [0.25, 0.3) is 0 Å². The normalized spacial score (nSPS) is 13.9. The SMILES string of the molecule is CNC(=O)c1ccc(S(=O)(=O)N2CCCc3cc(OC)ccc32)cc1. The maximum absolute atomic E-state index is 13.0. The van der Waals surface area contributed by atoms with Crippen LogP contribution in [0.2, 0.25) is 0 Å². The van der Waals surface area contributed by atoms with E-state index >= 15 is 0 Å². The maximum Gasteiger partial charge on any atom is 0.264 e. The molecule has 0 atom stereocenters. The lowest BCUT2D eigenvalue weighted by atomic mass is 10.0. The van der Waals surface area contributed by atoms with Crippen molar-refractivity contribution in [2.24, 2.45) is 0 Å². The number of aryl methyl sites for hydroxylation is 1. The summed E-state index contributed by atoms with van der Waals surface area (Å²) in [4.78, 5) is 11.8. The molecule has 1 N–H and O–H groups in total. The van der Waals surface area contributed by atoms with Crippen molar-refractivity contribution < 1.29 is 17.9 Å². The lowest BCUT2D eigenvalue weighted by Crippen LogP contribution is -2.35. The number of ether oxygens (including phenoxy) is 1. The number of amides is 1. The smallest absolute Gasteiger partial charge is 0.264 e. The Morgan fingerprint density at radius 3 is 2.52 bits per heavy atom. The van der Waals surface area contributed by atoms with Crippen LogP contribution in [0.15, 0.2) is 47.4 Å². The van der Waals surface area contributed by atoms with Gasteiger partial charge in [-0.2, -0.15) is 0 Å². The Morgan fingerprint density at radius 1 is 1.16 bits per heavy atom. The minimum Gasteiger partial charge on any atom is -0.497 e. The van der Waals surface area contributed by atoms with Gasteiger partial charge in [-0.15, -0.1) is 0 Å². The van der Waals surface area contributed by atoms with Crippen molar-refractivity contribution in [3.8, 4) is 5.75 Å². The van der Waals surface area contributed by atoms with E-state index in [-0.39, 0.29) is 10.8 Å². The van der Waals surface area contributed by atoms with Gasteiger partial charge in [0, 0.05) is 19.2 Å². The third-order valence-corrected chi connectivity index (χ3v) is 6.12. The second-order valence-electron chi connectivity index (χ2n) is 5.78. The Kier molecular flexibility index (Phi) is 4.67. The molecule has 0 saturated heterocycles. The van der Waals surface area contributed by atoms with E-state index in [0.717, 1.165) is 18.4 Å². The van der Waals surface area contributed by atoms with E-state index in [1.54, 1.807) is 19.2 Å². The first-order valence-electron chi connectivity index (χ1n) is 7.99. The zero-order chi connectivity index (χ0) is 18.0.